The normalized spacial score (nSPS) is 15.6. The predicted octanol–water partition coefficient (Wildman–Crippen LogP) is 2.45. The van der Waals surface area contributed by atoms with E-state index in [0.717, 1.165) is 30.4 Å². The highest BCUT2D eigenvalue weighted by Crippen LogP contribution is 2.29. The topological polar surface area (TPSA) is 62.1 Å². The van der Waals surface area contributed by atoms with E-state index >= 15 is 0 Å². The van der Waals surface area contributed by atoms with Crippen LogP contribution < -0.4 is 4.74 Å². The Balaban J connectivity index is 2.13. The second kappa shape index (κ2) is 7.11. The number of oxime groups is 1. The van der Waals surface area contributed by atoms with E-state index in [9.17, 15) is 4.79 Å². The van der Waals surface area contributed by atoms with E-state index in [1.807, 2.05) is 32.0 Å². The van der Waals surface area contributed by atoms with Crippen molar-refractivity contribution >= 4 is 11.6 Å². The molecule has 0 radical (unpaired) electrons. The van der Waals surface area contributed by atoms with Crippen LogP contribution in [0.5, 0.6) is 5.75 Å². The van der Waals surface area contributed by atoms with Crippen LogP contribution >= 0.6 is 0 Å². The van der Waals surface area contributed by atoms with Crippen molar-refractivity contribution in [2.75, 3.05) is 19.7 Å². The largest absolute Gasteiger partial charge is 0.483 e. The molecule has 0 spiro atoms. The van der Waals surface area contributed by atoms with Crippen molar-refractivity contribution < 1.29 is 14.7 Å². The quantitative estimate of drug-likeness (QED) is 0.669. The number of likely N-dealkylation sites (N-methyl/N-ethyl adjacent to an activating group) is 1. The second-order valence-corrected chi connectivity index (χ2v) is 5.04. The van der Waals surface area contributed by atoms with E-state index in [1.165, 1.54) is 0 Å². The first-order valence-electron chi connectivity index (χ1n) is 7.45. The maximum Gasteiger partial charge on any atom is 0.260 e. The van der Waals surface area contributed by atoms with Crippen LogP contribution in [0.1, 0.15) is 37.8 Å². The lowest BCUT2D eigenvalue weighted by molar-refractivity contribution is -0.132. The molecule has 1 amide bonds. The zero-order chi connectivity index (χ0) is 15.2. The number of hydrogen-bond donors (Lipinski definition) is 1. The Kier molecular flexibility index (Phi) is 5.20. The van der Waals surface area contributed by atoms with Crippen molar-refractivity contribution in [3.63, 3.8) is 0 Å². The summed E-state index contributed by atoms with van der Waals surface area (Å²) in [5.41, 5.74) is 2.65. The molecule has 114 valence electrons. The van der Waals surface area contributed by atoms with Gasteiger partial charge in [0, 0.05) is 24.2 Å². The molecule has 21 heavy (non-hydrogen) atoms. The maximum atomic E-state index is 12.0. The van der Waals surface area contributed by atoms with Gasteiger partial charge >= 0.3 is 0 Å². The van der Waals surface area contributed by atoms with E-state index < -0.39 is 0 Å². The first kappa shape index (κ1) is 15.4. The molecule has 1 N–H and O–H groups in total. The Morgan fingerprint density at radius 3 is 2.76 bits per heavy atom. The van der Waals surface area contributed by atoms with Crippen LogP contribution in [-0.2, 0) is 11.2 Å². The van der Waals surface area contributed by atoms with Gasteiger partial charge in [-0.1, -0.05) is 17.3 Å². The highest BCUT2D eigenvalue weighted by atomic mass is 16.5. The number of hydrogen-bond acceptors (Lipinski definition) is 4. The molecule has 0 heterocycles. The van der Waals surface area contributed by atoms with E-state index in [2.05, 4.69) is 5.16 Å². The second-order valence-electron chi connectivity index (χ2n) is 5.04. The Bertz CT molecular complexity index is 536. The molecule has 0 bridgehead atoms. The van der Waals surface area contributed by atoms with Gasteiger partial charge in [-0.15, -0.1) is 0 Å². The minimum Gasteiger partial charge on any atom is -0.483 e. The monoisotopic (exact) mass is 290 g/mol. The fourth-order valence-electron chi connectivity index (χ4n) is 2.71. The first-order valence-corrected chi connectivity index (χ1v) is 7.45. The Morgan fingerprint density at radius 2 is 2.10 bits per heavy atom. The summed E-state index contributed by atoms with van der Waals surface area (Å²) in [4.78, 5) is 13.8. The number of ether oxygens (including phenoxy) is 1. The van der Waals surface area contributed by atoms with Crippen LogP contribution in [0.15, 0.2) is 23.4 Å². The van der Waals surface area contributed by atoms with Gasteiger partial charge in [-0.2, -0.15) is 0 Å². The molecule has 0 saturated heterocycles. The molecule has 1 aromatic rings. The fraction of sp³-hybridized carbons (Fsp3) is 0.500. The van der Waals surface area contributed by atoms with Gasteiger partial charge in [0.05, 0.1) is 5.71 Å². The van der Waals surface area contributed by atoms with Gasteiger partial charge in [0.25, 0.3) is 5.91 Å². The van der Waals surface area contributed by atoms with Gasteiger partial charge in [0.15, 0.2) is 6.61 Å². The van der Waals surface area contributed by atoms with Crippen LogP contribution in [0.4, 0.5) is 0 Å². The number of carbonyl (C=O) groups is 1. The van der Waals surface area contributed by atoms with Crippen molar-refractivity contribution in [3.8, 4) is 5.75 Å². The summed E-state index contributed by atoms with van der Waals surface area (Å²) in [6, 6.07) is 5.67. The molecule has 1 aliphatic rings. The summed E-state index contributed by atoms with van der Waals surface area (Å²) >= 11 is 0. The minimum absolute atomic E-state index is 0.00976. The molecule has 0 saturated carbocycles. The Morgan fingerprint density at radius 1 is 1.33 bits per heavy atom. The molecule has 0 aromatic heterocycles. The number of rotatable bonds is 5. The number of amides is 1. The number of carbonyl (C=O) groups excluding carboxylic acids is 1. The van der Waals surface area contributed by atoms with Gasteiger partial charge in [0.2, 0.25) is 0 Å². The van der Waals surface area contributed by atoms with Crippen LogP contribution in [0.25, 0.3) is 0 Å². The van der Waals surface area contributed by atoms with E-state index in [-0.39, 0.29) is 12.5 Å². The summed E-state index contributed by atoms with van der Waals surface area (Å²) in [5, 5.41) is 12.4. The summed E-state index contributed by atoms with van der Waals surface area (Å²) < 4.78 is 5.72. The van der Waals surface area contributed by atoms with Crippen molar-refractivity contribution in [2.24, 2.45) is 5.16 Å². The molecule has 1 aromatic carbocycles. The minimum atomic E-state index is -0.00976. The molecule has 5 nitrogen and oxygen atoms in total. The SMILES string of the molecule is CCN(CC)C(=O)COc1cccc2c1CCCC2=NO. The predicted molar refractivity (Wildman–Crippen MR) is 81.1 cm³/mol. The smallest absolute Gasteiger partial charge is 0.260 e. The van der Waals surface area contributed by atoms with E-state index in [0.29, 0.717) is 24.6 Å². The summed E-state index contributed by atoms with van der Waals surface area (Å²) in [6.45, 7) is 5.33. The molecule has 0 aliphatic heterocycles. The molecule has 1 aliphatic carbocycles. The lowest BCUT2D eigenvalue weighted by Crippen LogP contribution is -2.34. The molecule has 0 fully saturated rings. The van der Waals surface area contributed by atoms with Crippen molar-refractivity contribution in [2.45, 2.75) is 33.1 Å². The number of fused-ring (bicyclic) bond motifs is 1. The summed E-state index contributed by atoms with van der Waals surface area (Å²) in [5.74, 6) is 0.707. The number of nitrogens with zero attached hydrogens (tertiary/aromatic N) is 2. The fourth-order valence-corrected chi connectivity index (χ4v) is 2.71. The van der Waals surface area contributed by atoms with Crippen LogP contribution in [0.3, 0.4) is 0 Å². The van der Waals surface area contributed by atoms with Gasteiger partial charge in [-0.25, -0.2) is 0 Å². The van der Waals surface area contributed by atoms with Crippen molar-refractivity contribution in [3.05, 3.63) is 29.3 Å². The lowest BCUT2D eigenvalue weighted by atomic mass is 9.89. The third-order valence-corrected chi connectivity index (χ3v) is 3.87. The first-order chi connectivity index (χ1) is 10.2. The highest BCUT2D eigenvalue weighted by Gasteiger charge is 2.20. The van der Waals surface area contributed by atoms with Gasteiger partial charge < -0.3 is 14.8 Å². The number of benzene rings is 1. The molecular formula is C16H22N2O3. The molecular weight excluding hydrogens is 268 g/mol. The third kappa shape index (κ3) is 3.35. The van der Waals surface area contributed by atoms with Gasteiger partial charge in [-0.05, 0) is 39.2 Å². The lowest BCUT2D eigenvalue weighted by Gasteiger charge is -2.22. The average Bonchev–Trinajstić information content (AvgIpc) is 2.53. The molecule has 5 heteroatoms. The third-order valence-electron chi connectivity index (χ3n) is 3.87. The summed E-state index contributed by atoms with van der Waals surface area (Å²) in [6.07, 6.45) is 2.58. The zero-order valence-corrected chi connectivity index (χ0v) is 12.6. The van der Waals surface area contributed by atoms with Crippen LogP contribution in [0, 0.1) is 0 Å². The van der Waals surface area contributed by atoms with E-state index in [4.69, 9.17) is 9.94 Å². The van der Waals surface area contributed by atoms with Gasteiger partial charge in [0.1, 0.15) is 5.75 Å². The zero-order valence-electron chi connectivity index (χ0n) is 12.6. The Labute approximate surface area is 125 Å². The Hall–Kier alpha value is -2.04. The van der Waals surface area contributed by atoms with Crippen molar-refractivity contribution in [1.29, 1.82) is 0 Å². The van der Waals surface area contributed by atoms with Gasteiger partial charge in [-0.3, -0.25) is 4.79 Å². The summed E-state index contributed by atoms with van der Waals surface area (Å²) in [7, 11) is 0. The molecule has 0 atom stereocenters. The molecule has 2 rings (SSSR count). The average molecular weight is 290 g/mol. The van der Waals surface area contributed by atoms with Crippen molar-refractivity contribution in [1.82, 2.24) is 4.90 Å². The van der Waals surface area contributed by atoms with E-state index in [1.54, 1.807) is 4.90 Å². The maximum absolute atomic E-state index is 12.0. The standard InChI is InChI=1S/C16H22N2O3/c1-3-18(4-2)16(19)11-21-15-10-6-7-12-13(15)8-5-9-14(12)17-20/h6-7,10,20H,3-5,8-9,11H2,1-2H3. The van der Waals surface area contributed by atoms with Crippen LogP contribution in [-0.4, -0.2) is 41.4 Å². The van der Waals surface area contributed by atoms with Crippen LogP contribution in [0.2, 0.25) is 0 Å². The highest BCUT2D eigenvalue weighted by molar-refractivity contribution is 6.02. The molecule has 0 unspecified atom stereocenters.